The molecular weight excluding hydrogens is 260 g/mol. The second-order valence-corrected chi connectivity index (χ2v) is 7.48. The summed E-state index contributed by atoms with van der Waals surface area (Å²) in [6.45, 7) is 1.91. The minimum Gasteiger partial charge on any atom is -0.298 e. The molecule has 4 rings (SSSR count). The van der Waals surface area contributed by atoms with Gasteiger partial charge in [0, 0.05) is 11.8 Å². The van der Waals surface area contributed by atoms with Crippen LogP contribution in [-0.4, -0.2) is 19.5 Å². The fourth-order valence-electron chi connectivity index (χ4n) is 3.01. The lowest BCUT2D eigenvalue weighted by atomic mass is 9.75. The second kappa shape index (κ2) is 4.30. The van der Waals surface area contributed by atoms with E-state index in [1.807, 2.05) is 19.1 Å². The summed E-state index contributed by atoms with van der Waals surface area (Å²) in [5.41, 5.74) is 1.01. The SMILES string of the molecule is Cc1ccc(S(=O)(=O)C2C(=O)[C@@H]3C=C[C@H]2CC3)cc1. The van der Waals surface area contributed by atoms with E-state index in [9.17, 15) is 13.2 Å². The van der Waals surface area contributed by atoms with Crippen molar-refractivity contribution in [1.29, 1.82) is 0 Å². The van der Waals surface area contributed by atoms with Crippen LogP contribution in [0.25, 0.3) is 0 Å². The Morgan fingerprint density at radius 1 is 1.05 bits per heavy atom. The molecule has 0 heterocycles. The van der Waals surface area contributed by atoms with Crippen molar-refractivity contribution in [2.24, 2.45) is 11.8 Å². The number of allylic oxidation sites excluding steroid dienone is 2. The average molecular weight is 276 g/mol. The zero-order valence-corrected chi connectivity index (χ0v) is 11.6. The van der Waals surface area contributed by atoms with Gasteiger partial charge in [0.05, 0.1) is 4.90 Å². The van der Waals surface area contributed by atoms with Crippen molar-refractivity contribution < 1.29 is 13.2 Å². The molecule has 1 aromatic carbocycles. The molecule has 4 heteroatoms. The van der Waals surface area contributed by atoms with Crippen molar-refractivity contribution in [3.8, 4) is 0 Å². The Kier molecular flexibility index (Phi) is 2.86. The lowest BCUT2D eigenvalue weighted by Crippen LogP contribution is -2.46. The number of sulfone groups is 1. The summed E-state index contributed by atoms with van der Waals surface area (Å²) >= 11 is 0. The van der Waals surface area contributed by atoms with E-state index in [1.165, 1.54) is 0 Å². The Morgan fingerprint density at radius 2 is 1.74 bits per heavy atom. The van der Waals surface area contributed by atoms with Gasteiger partial charge >= 0.3 is 0 Å². The first-order valence-corrected chi connectivity index (χ1v) is 8.07. The van der Waals surface area contributed by atoms with Crippen molar-refractivity contribution in [2.75, 3.05) is 0 Å². The van der Waals surface area contributed by atoms with Gasteiger partial charge in [-0.2, -0.15) is 0 Å². The molecular formula is C15H16O3S. The molecule has 1 aromatic rings. The lowest BCUT2D eigenvalue weighted by molar-refractivity contribution is -0.124. The van der Waals surface area contributed by atoms with Gasteiger partial charge in [0.25, 0.3) is 0 Å². The van der Waals surface area contributed by atoms with Crippen LogP contribution >= 0.6 is 0 Å². The zero-order valence-electron chi connectivity index (χ0n) is 10.7. The van der Waals surface area contributed by atoms with Crippen molar-refractivity contribution in [3.05, 3.63) is 42.0 Å². The van der Waals surface area contributed by atoms with E-state index < -0.39 is 15.1 Å². The van der Waals surface area contributed by atoms with Gasteiger partial charge in [-0.1, -0.05) is 29.8 Å². The van der Waals surface area contributed by atoms with Crippen LogP contribution in [0.5, 0.6) is 0 Å². The Hall–Kier alpha value is -1.42. The summed E-state index contributed by atoms with van der Waals surface area (Å²) in [5.74, 6) is -0.474. The number of ketones is 1. The van der Waals surface area contributed by atoms with Gasteiger partial charge in [0.2, 0.25) is 0 Å². The van der Waals surface area contributed by atoms with Gasteiger partial charge in [0.1, 0.15) is 5.25 Å². The number of aryl methyl sites for hydroxylation is 1. The van der Waals surface area contributed by atoms with Crippen LogP contribution in [0.3, 0.4) is 0 Å². The van der Waals surface area contributed by atoms with Crippen molar-refractivity contribution in [3.63, 3.8) is 0 Å². The highest BCUT2D eigenvalue weighted by atomic mass is 32.2. The maximum Gasteiger partial charge on any atom is 0.188 e. The third-order valence-corrected chi connectivity index (χ3v) is 6.30. The van der Waals surface area contributed by atoms with Gasteiger partial charge in [-0.05, 0) is 31.9 Å². The minimum absolute atomic E-state index is 0.126. The Balaban J connectivity index is 2.04. The predicted octanol–water partition coefficient (Wildman–Crippen LogP) is 2.30. The summed E-state index contributed by atoms with van der Waals surface area (Å²) in [6, 6.07) is 6.75. The van der Waals surface area contributed by atoms with Crippen molar-refractivity contribution >= 4 is 15.6 Å². The van der Waals surface area contributed by atoms with E-state index in [0.29, 0.717) is 0 Å². The van der Waals surface area contributed by atoms with Crippen LogP contribution in [0.1, 0.15) is 18.4 Å². The lowest BCUT2D eigenvalue weighted by Gasteiger charge is -2.36. The van der Waals surface area contributed by atoms with E-state index in [1.54, 1.807) is 24.3 Å². The highest BCUT2D eigenvalue weighted by Gasteiger charge is 2.47. The first kappa shape index (κ1) is 12.6. The largest absolute Gasteiger partial charge is 0.298 e. The summed E-state index contributed by atoms with van der Waals surface area (Å²) in [7, 11) is -3.56. The van der Waals surface area contributed by atoms with Crippen LogP contribution in [-0.2, 0) is 14.6 Å². The summed E-state index contributed by atoms with van der Waals surface area (Å²) in [6.07, 6.45) is 5.37. The van der Waals surface area contributed by atoms with Crippen LogP contribution in [0, 0.1) is 18.8 Å². The molecule has 0 amide bonds. The smallest absolute Gasteiger partial charge is 0.188 e. The molecule has 0 saturated heterocycles. The molecule has 3 aliphatic carbocycles. The van der Waals surface area contributed by atoms with Gasteiger partial charge < -0.3 is 0 Å². The Labute approximate surface area is 113 Å². The number of rotatable bonds is 2. The third-order valence-electron chi connectivity index (χ3n) is 4.12. The Bertz CT molecular complexity index is 640. The molecule has 2 bridgehead atoms. The number of fused-ring (bicyclic) bond motifs is 2. The Morgan fingerprint density at radius 3 is 2.26 bits per heavy atom. The molecule has 0 spiro atoms. The van der Waals surface area contributed by atoms with Gasteiger partial charge in [-0.15, -0.1) is 0 Å². The predicted molar refractivity (Wildman–Crippen MR) is 72.5 cm³/mol. The van der Waals surface area contributed by atoms with Gasteiger partial charge in [0.15, 0.2) is 15.6 Å². The molecule has 0 aliphatic heterocycles. The number of carbonyl (C=O) groups is 1. The summed E-state index contributed by atoms with van der Waals surface area (Å²) in [5, 5.41) is -0.876. The van der Waals surface area contributed by atoms with Crippen LogP contribution in [0.15, 0.2) is 41.3 Å². The van der Waals surface area contributed by atoms with E-state index >= 15 is 0 Å². The number of benzene rings is 1. The monoisotopic (exact) mass is 276 g/mol. The molecule has 0 N–H and O–H groups in total. The highest BCUT2D eigenvalue weighted by Crippen LogP contribution is 2.39. The zero-order chi connectivity index (χ0) is 13.6. The topological polar surface area (TPSA) is 51.2 Å². The maximum atomic E-state index is 12.6. The number of carbonyl (C=O) groups excluding carboxylic acids is 1. The second-order valence-electron chi connectivity index (χ2n) is 5.41. The van der Waals surface area contributed by atoms with E-state index in [4.69, 9.17) is 0 Å². The van der Waals surface area contributed by atoms with E-state index in [0.717, 1.165) is 18.4 Å². The van der Waals surface area contributed by atoms with Gasteiger partial charge in [-0.3, -0.25) is 4.79 Å². The van der Waals surface area contributed by atoms with Crippen LogP contribution in [0.4, 0.5) is 0 Å². The number of hydrogen-bond donors (Lipinski definition) is 0. The molecule has 3 nitrogen and oxygen atoms in total. The number of Topliss-reactive ketones (excluding diaryl/α,β-unsaturated/α-hetero) is 1. The van der Waals surface area contributed by atoms with E-state index in [2.05, 4.69) is 0 Å². The molecule has 3 atom stereocenters. The first-order chi connectivity index (χ1) is 9.00. The summed E-state index contributed by atoms with van der Waals surface area (Å²) < 4.78 is 25.3. The molecule has 19 heavy (non-hydrogen) atoms. The maximum absolute atomic E-state index is 12.6. The van der Waals surface area contributed by atoms with Crippen molar-refractivity contribution in [2.45, 2.75) is 29.9 Å². The van der Waals surface area contributed by atoms with Crippen LogP contribution < -0.4 is 0 Å². The van der Waals surface area contributed by atoms with Crippen LogP contribution in [0.2, 0.25) is 0 Å². The number of hydrogen-bond acceptors (Lipinski definition) is 3. The standard InChI is InChI=1S/C15H16O3S/c1-10-2-8-13(9-3-10)19(17,18)15-12-6-4-11(5-7-12)14(15)16/h2-4,6,8-9,11-12,15H,5,7H2,1H3/t11-,12+,15?/m1/s1. The van der Waals surface area contributed by atoms with Gasteiger partial charge in [-0.25, -0.2) is 8.42 Å². The van der Waals surface area contributed by atoms with E-state index in [-0.39, 0.29) is 22.5 Å². The fourth-order valence-corrected chi connectivity index (χ4v) is 4.99. The molecule has 0 radical (unpaired) electrons. The summed E-state index contributed by atoms with van der Waals surface area (Å²) in [4.78, 5) is 12.5. The third kappa shape index (κ3) is 1.94. The molecule has 100 valence electrons. The minimum atomic E-state index is -3.56. The highest BCUT2D eigenvalue weighted by molar-refractivity contribution is 7.92. The molecule has 3 aliphatic rings. The molecule has 1 saturated carbocycles. The van der Waals surface area contributed by atoms with Crippen molar-refractivity contribution in [1.82, 2.24) is 0 Å². The average Bonchev–Trinajstić information content (AvgIpc) is 2.40. The fraction of sp³-hybridized carbons (Fsp3) is 0.400. The molecule has 0 aromatic heterocycles. The molecule has 1 unspecified atom stereocenters. The normalized spacial score (nSPS) is 29.7. The first-order valence-electron chi connectivity index (χ1n) is 6.53. The molecule has 1 fully saturated rings. The quantitative estimate of drug-likeness (QED) is 0.779.